The third-order valence-corrected chi connectivity index (χ3v) is 4.72. The zero-order valence-corrected chi connectivity index (χ0v) is 13.3. The van der Waals surface area contributed by atoms with Crippen molar-refractivity contribution in [1.82, 2.24) is 9.80 Å². The predicted octanol–water partition coefficient (Wildman–Crippen LogP) is 2.89. The number of thiocarbonyl (C=S) groups is 1. The van der Waals surface area contributed by atoms with Crippen molar-refractivity contribution in [2.45, 2.75) is 31.5 Å². The summed E-state index contributed by atoms with van der Waals surface area (Å²) in [5.41, 5.74) is 0.0243. The average molecular weight is 332 g/mol. The first-order valence-corrected chi connectivity index (χ1v) is 7.91. The lowest BCUT2D eigenvalue weighted by atomic mass is 9.98. The minimum atomic E-state index is -4.35. The molecule has 1 atom stereocenters. The fourth-order valence-electron chi connectivity index (χ4n) is 3.04. The number of allylic oxidation sites excluding steroid dienone is 3. The number of nitrogens with zero attached hydrogens (tertiary/aromatic N) is 2. The molecule has 0 aromatic rings. The van der Waals surface area contributed by atoms with Crippen molar-refractivity contribution in [3.05, 3.63) is 23.1 Å². The van der Waals surface area contributed by atoms with E-state index in [0.29, 0.717) is 17.1 Å². The van der Waals surface area contributed by atoms with Crippen molar-refractivity contribution in [3.8, 4) is 0 Å². The molecule has 1 aliphatic carbocycles. The number of hydrogen-bond donors (Lipinski definition) is 0. The molecular formula is C15H19F3N2OS. The summed E-state index contributed by atoms with van der Waals surface area (Å²) in [5.74, 6) is 0.283. The number of likely N-dealkylation sites (tertiary alicyclic amines) is 1. The van der Waals surface area contributed by atoms with Crippen LogP contribution in [0.1, 0.15) is 19.3 Å². The number of likely N-dealkylation sites (N-methyl/N-ethyl adjacent to an activating group) is 1. The van der Waals surface area contributed by atoms with Gasteiger partial charge in [-0.3, -0.25) is 0 Å². The maximum Gasteiger partial charge on any atom is 0.413 e. The Morgan fingerprint density at radius 1 is 1.36 bits per heavy atom. The van der Waals surface area contributed by atoms with Crippen molar-refractivity contribution >= 4 is 17.1 Å². The van der Waals surface area contributed by atoms with Gasteiger partial charge in [0, 0.05) is 30.5 Å². The lowest BCUT2D eigenvalue weighted by Crippen LogP contribution is -2.44. The average Bonchev–Trinajstić information content (AvgIpc) is 2.34. The SMILES string of the molecule is CN1CC(CCN2CCC2)OC2=C1C(=S)CC(C(F)(F)F)=C2. The van der Waals surface area contributed by atoms with Crippen LogP contribution in [-0.4, -0.2) is 60.2 Å². The second kappa shape index (κ2) is 5.85. The van der Waals surface area contributed by atoms with Gasteiger partial charge >= 0.3 is 6.18 Å². The first kappa shape index (κ1) is 15.8. The monoisotopic (exact) mass is 332 g/mol. The smallest absolute Gasteiger partial charge is 0.413 e. The second-order valence-corrected chi connectivity index (χ2v) is 6.58. The molecule has 2 aliphatic heterocycles. The number of halogens is 3. The predicted molar refractivity (Wildman–Crippen MR) is 81.6 cm³/mol. The quantitative estimate of drug-likeness (QED) is 0.738. The molecule has 2 heterocycles. The highest BCUT2D eigenvalue weighted by atomic mass is 32.1. The standard InChI is InChI=1S/C15H19F3N2OS/c1-19-9-11(3-6-20-4-2-5-20)21-12-7-10(15(16,17)18)8-13(22)14(12)19/h7,11H,2-6,8-9H2,1H3. The lowest BCUT2D eigenvalue weighted by molar-refractivity contribution is -0.0933. The zero-order valence-electron chi connectivity index (χ0n) is 12.4. The summed E-state index contributed by atoms with van der Waals surface area (Å²) >= 11 is 5.17. The van der Waals surface area contributed by atoms with Gasteiger partial charge in [-0.15, -0.1) is 0 Å². The van der Waals surface area contributed by atoms with Crippen molar-refractivity contribution in [2.75, 3.05) is 33.2 Å². The van der Waals surface area contributed by atoms with Crippen LogP contribution in [0.25, 0.3) is 0 Å². The summed E-state index contributed by atoms with van der Waals surface area (Å²) in [6.07, 6.45) is -1.50. The Balaban J connectivity index is 1.74. The van der Waals surface area contributed by atoms with Crippen LogP contribution in [0.15, 0.2) is 23.1 Å². The highest BCUT2D eigenvalue weighted by Crippen LogP contribution is 2.37. The molecule has 3 nitrogen and oxygen atoms in total. The van der Waals surface area contributed by atoms with Gasteiger partial charge in [0.05, 0.1) is 12.2 Å². The second-order valence-electron chi connectivity index (χ2n) is 6.08. The molecule has 0 aromatic heterocycles. The van der Waals surface area contributed by atoms with Crippen LogP contribution >= 0.6 is 12.2 Å². The van der Waals surface area contributed by atoms with E-state index in [0.717, 1.165) is 32.1 Å². The Kier molecular flexibility index (Phi) is 4.20. The van der Waals surface area contributed by atoms with Crippen molar-refractivity contribution in [1.29, 1.82) is 0 Å². The fraction of sp³-hybridized carbons (Fsp3) is 0.667. The molecule has 22 heavy (non-hydrogen) atoms. The van der Waals surface area contributed by atoms with Gasteiger partial charge in [-0.1, -0.05) is 12.2 Å². The normalized spacial score (nSPS) is 26.4. The molecule has 3 rings (SSSR count). The first-order valence-electron chi connectivity index (χ1n) is 7.50. The molecule has 1 saturated heterocycles. The van der Waals surface area contributed by atoms with Crippen LogP contribution in [0, 0.1) is 0 Å². The highest BCUT2D eigenvalue weighted by molar-refractivity contribution is 7.80. The summed E-state index contributed by atoms with van der Waals surface area (Å²) < 4.78 is 44.7. The van der Waals surface area contributed by atoms with Gasteiger partial charge in [0.25, 0.3) is 0 Å². The van der Waals surface area contributed by atoms with Crippen LogP contribution in [0.2, 0.25) is 0 Å². The van der Waals surface area contributed by atoms with E-state index in [4.69, 9.17) is 17.0 Å². The number of ether oxygens (including phenoxy) is 1. The van der Waals surface area contributed by atoms with Crippen molar-refractivity contribution in [3.63, 3.8) is 0 Å². The van der Waals surface area contributed by atoms with Crippen LogP contribution in [-0.2, 0) is 4.74 Å². The van der Waals surface area contributed by atoms with Gasteiger partial charge < -0.3 is 14.5 Å². The van der Waals surface area contributed by atoms with E-state index in [1.54, 1.807) is 0 Å². The minimum absolute atomic E-state index is 0.0871. The van der Waals surface area contributed by atoms with E-state index in [1.807, 2.05) is 11.9 Å². The molecule has 1 fully saturated rings. The van der Waals surface area contributed by atoms with Crippen LogP contribution in [0.4, 0.5) is 13.2 Å². The van der Waals surface area contributed by atoms with Gasteiger partial charge in [-0.05, 0) is 32.0 Å². The number of rotatable bonds is 3. The first-order chi connectivity index (χ1) is 10.3. The Bertz CT molecular complexity index is 537. The molecule has 0 spiro atoms. The Hall–Kier alpha value is -1.08. The van der Waals surface area contributed by atoms with E-state index in [2.05, 4.69) is 4.90 Å². The van der Waals surface area contributed by atoms with E-state index in [-0.39, 0.29) is 18.3 Å². The molecule has 0 amide bonds. The Morgan fingerprint density at radius 3 is 2.68 bits per heavy atom. The minimum Gasteiger partial charge on any atom is -0.486 e. The Labute approximate surface area is 133 Å². The molecule has 122 valence electrons. The summed E-state index contributed by atoms with van der Waals surface area (Å²) in [5, 5.41) is 0. The van der Waals surface area contributed by atoms with E-state index < -0.39 is 11.7 Å². The third kappa shape index (κ3) is 3.15. The molecule has 0 aromatic carbocycles. The summed E-state index contributed by atoms with van der Waals surface area (Å²) in [4.78, 5) is 4.58. The third-order valence-electron chi connectivity index (χ3n) is 4.39. The van der Waals surface area contributed by atoms with Crippen LogP contribution in [0.3, 0.4) is 0 Å². The van der Waals surface area contributed by atoms with Crippen molar-refractivity contribution in [2.24, 2.45) is 0 Å². The summed E-state index contributed by atoms with van der Waals surface area (Å²) in [6.45, 7) is 3.82. The van der Waals surface area contributed by atoms with Crippen LogP contribution < -0.4 is 0 Å². The topological polar surface area (TPSA) is 15.7 Å². The lowest BCUT2D eigenvalue weighted by Gasteiger charge is -2.39. The molecule has 7 heteroatoms. The molecule has 3 aliphatic rings. The van der Waals surface area contributed by atoms with Gasteiger partial charge in [0.2, 0.25) is 0 Å². The molecule has 1 unspecified atom stereocenters. The summed E-state index contributed by atoms with van der Waals surface area (Å²) in [7, 11) is 1.87. The highest BCUT2D eigenvalue weighted by Gasteiger charge is 2.40. The van der Waals surface area contributed by atoms with Gasteiger partial charge in [0.1, 0.15) is 11.9 Å². The largest absolute Gasteiger partial charge is 0.486 e. The van der Waals surface area contributed by atoms with Crippen LogP contribution in [0.5, 0.6) is 0 Å². The molecule has 0 radical (unpaired) electrons. The van der Waals surface area contributed by atoms with Crippen molar-refractivity contribution < 1.29 is 17.9 Å². The Morgan fingerprint density at radius 2 is 2.09 bits per heavy atom. The number of hydrogen-bond acceptors (Lipinski definition) is 4. The van der Waals surface area contributed by atoms with Gasteiger partial charge in [-0.2, -0.15) is 13.2 Å². The maximum atomic E-state index is 12.9. The molecule has 0 bridgehead atoms. The molecule has 0 N–H and O–H groups in total. The maximum absolute atomic E-state index is 12.9. The number of alkyl halides is 3. The molecule has 0 saturated carbocycles. The van der Waals surface area contributed by atoms with E-state index in [1.165, 1.54) is 6.42 Å². The summed E-state index contributed by atoms with van der Waals surface area (Å²) in [6, 6.07) is 0. The van der Waals surface area contributed by atoms with E-state index >= 15 is 0 Å². The molecular weight excluding hydrogens is 313 g/mol. The van der Waals surface area contributed by atoms with Gasteiger partial charge in [0.15, 0.2) is 0 Å². The van der Waals surface area contributed by atoms with E-state index in [9.17, 15) is 13.2 Å². The zero-order chi connectivity index (χ0) is 15.9. The fourth-order valence-corrected chi connectivity index (χ4v) is 3.45. The van der Waals surface area contributed by atoms with Gasteiger partial charge in [-0.25, -0.2) is 0 Å².